The van der Waals surface area contributed by atoms with Gasteiger partial charge in [-0.3, -0.25) is 4.79 Å². The second kappa shape index (κ2) is 6.23. The highest BCUT2D eigenvalue weighted by Crippen LogP contribution is 2.26. The van der Waals surface area contributed by atoms with E-state index in [1.54, 1.807) is 4.90 Å². The summed E-state index contributed by atoms with van der Waals surface area (Å²) in [4.78, 5) is 35.0. The maximum absolute atomic E-state index is 11.9. The van der Waals surface area contributed by atoms with Gasteiger partial charge in [-0.25, -0.2) is 9.59 Å². The molecule has 0 heterocycles. The summed E-state index contributed by atoms with van der Waals surface area (Å²) in [6.45, 7) is 2.38. The van der Waals surface area contributed by atoms with Crippen molar-refractivity contribution in [2.45, 2.75) is 44.7 Å². The zero-order chi connectivity index (χ0) is 13.7. The van der Waals surface area contributed by atoms with Gasteiger partial charge in [-0.05, 0) is 26.2 Å². The van der Waals surface area contributed by atoms with Crippen LogP contribution in [0.3, 0.4) is 0 Å². The first kappa shape index (κ1) is 14.3. The Bertz CT molecular complexity index is 341. The molecule has 1 rings (SSSR count). The number of amides is 3. The molecule has 7 heteroatoms. The minimum absolute atomic E-state index is 0.0125. The molecule has 0 radical (unpaired) electrons. The average Bonchev–Trinajstić information content (AvgIpc) is 3.08. The average molecular weight is 257 g/mol. The second-order valence-corrected chi connectivity index (χ2v) is 4.36. The Morgan fingerprint density at radius 3 is 2.44 bits per heavy atom. The van der Waals surface area contributed by atoms with E-state index < -0.39 is 23.9 Å². The van der Waals surface area contributed by atoms with Gasteiger partial charge in [0.05, 0.1) is 0 Å². The van der Waals surface area contributed by atoms with E-state index in [4.69, 9.17) is 10.8 Å². The Balaban J connectivity index is 2.50. The van der Waals surface area contributed by atoms with Crippen LogP contribution in [0.2, 0.25) is 0 Å². The number of carboxylic acid groups (broad SMARTS) is 1. The molecule has 1 fully saturated rings. The Labute approximate surface area is 105 Å². The first-order chi connectivity index (χ1) is 8.45. The van der Waals surface area contributed by atoms with Crippen molar-refractivity contribution in [1.29, 1.82) is 0 Å². The van der Waals surface area contributed by atoms with Crippen LogP contribution in [0.15, 0.2) is 0 Å². The zero-order valence-corrected chi connectivity index (χ0v) is 10.4. The van der Waals surface area contributed by atoms with Crippen molar-refractivity contribution in [3.05, 3.63) is 0 Å². The highest BCUT2D eigenvalue weighted by molar-refractivity contribution is 5.83. The molecule has 0 saturated heterocycles. The number of carbonyl (C=O) groups is 3. The number of primary amides is 1. The van der Waals surface area contributed by atoms with Crippen molar-refractivity contribution in [1.82, 2.24) is 10.2 Å². The van der Waals surface area contributed by atoms with Gasteiger partial charge in [0.25, 0.3) is 0 Å². The van der Waals surface area contributed by atoms with Crippen molar-refractivity contribution in [2.24, 2.45) is 5.73 Å². The fraction of sp³-hybridized carbons (Fsp3) is 0.727. The minimum Gasteiger partial charge on any atom is -0.480 e. The third kappa shape index (κ3) is 4.23. The summed E-state index contributed by atoms with van der Waals surface area (Å²) in [5, 5.41) is 11.4. The molecule has 3 amide bonds. The molecular weight excluding hydrogens is 238 g/mol. The number of nitrogens with two attached hydrogens (primary N) is 1. The fourth-order valence-corrected chi connectivity index (χ4v) is 1.73. The zero-order valence-electron chi connectivity index (χ0n) is 10.4. The third-order valence-corrected chi connectivity index (χ3v) is 2.86. The van der Waals surface area contributed by atoms with Crippen LogP contribution in [-0.2, 0) is 9.59 Å². The van der Waals surface area contributed by atoms with Crippen LogP contribution in [0.4, 0.5) is 4.79 Å². The number of hydrogen-bond donors (Lipinski definition) is 3. The topological polar surface area (TPSA) is 113 Å². The summed E-state index contributed by atoms with van der Waals surface area (Å²) >= 11 is 0. The molecule has 0 aromatic carbocycles. The van der Waals surface area contributed by atoms with E-state index in [0.29, 0.717) is 6.54 Å². The lowest BCUT2D eigenvalue weighted by Gasteiger charge is -2.23. The van der Waals surface area contributed by atoms with Gasteiger partial charge in [0, 0.05) is 19.0 Å². The molecule has 0 aromatic rings. The first-order valence-corrected chi connectivity index (χ1v) is 6.04. The van der Waals surface area contributed by atoms with E-state index in [2.05, 4.69) is 5.32 Å². The predicted molar refractivity (Wildman–Crippen MR) is 63.8 cm³/mol. The minimum atomic E-state index is -1.16. The summed E-state index contributed by atoms with van der Waals surface area (Å²) < 4.78 is 0. The Morgan fingerprint density at radius 1 is 1.44 bits per heavy atom. The van der Waals surface area contributed by atoms with Crippen LogP contribution < -0.4 is 11.1 Å². The Kier molecular flexibility index (Phi) is 4.94. The van der Waals surface area contributed by atoms with Gasteiger partial charge in [-0.15, -0.1) is 0 Å². The largest absolute Gasteiger partial charge is 0.480 e. The van der Waals surface area contributed by atoms with E-state index in [1.807, 2.05) is 6.92 Å². The molecule has 0 aromatic heterocycles. The molecule has 1 aliphatic rings. The van der Waals surface area contributed by atoms with Gasteiger partial charge < -0.3 is 21.1 Å². The number of nitrogens with one attached hydrogen (secondary N) is 1. The molecule has 0 spiro atoms. The number of carboxylic acids is 1. The van der Waals surface area contributed by atoms with Crippen molar-refractivity contribution < 1.29 is 19.5 Å². The van der Waals surface area contributed by atoms with E-state index >= 15 is 0 Å². The highest BCUT2D eigenvalue weighted by atomic mass is 16.4. The molecule has 1 atom stereocenters. The van der Waals surface area contributed by atoms with E-state index in [-0.39, 0.29) is 18.9 Å². The normalized spacial score (nSPS) is 15.8. The third-order valence-electron chi connectivity index (χ3n) is 2.86. The lowest BCUT2D eigenvalue weighted by molar-refractivity contribution is -0.139. The number of hydrogen-bond acceptors (Lipinski definition) is 3. The maximum Gasteiger partial charge on any atom is 0.326 e. The fourth-order valence-electron chi connectivity index (χ4n) is 1.73. The predicted octanol–water partition coefficient (Wildman–Crippen LogP) is -0.101. The monoisotopic (exact) mass is 257 g/mol. The Hall–Kier alpha value is -1.79. The summed E-state index contributed by atoms with van der Waals surface area (Å²) in [6, 6.07) is -1.24. The summed E-state index contributed by atoms with van der Waals surface area (Å²) in [6.07, 6.45) is 1.87. The van der Waals surface area contributed by atoms with E-state index in [0.717, 1.165) is 12.8 Å². The SMILES string of the molecule is CCN(C(=O)N[C@H](CCC(N)=O)C(=O)O)C1CC1. The van der Waals surface area contributed by atoms with Crippen LogP contribution in [0.1, 0.15) is 32.6 Å². The second-order valence-electron chi connectivity index (χ2n) is 4.36. The molecule has 102 valence electrons. The highest BCUT2D eigenvalue weighted by Gasteiger charge is 2.33. The van der Waals surface area contributed by atoms with Crippen molar-refractivity contribution in [3.8, 4) is 0 Å². The van der Waals surface area contributed by atoms with Crippen LogP contribution in [-0.4, -0.2) is 46.5 Å². The number of nitrogens with zero attached hydrogens (tertiary/aromatic N) is 1. The van der Waals surface area contributed by atoms with Crippen molar-refractivity contribution >= 4 is 17.9 Å². The summed E-state index contributed by atoms with van der Waals surface area (Å²) in [5.74, 6) is -1.73. The van der Waals surface area contributed by atoms with Gasteiger partial charge in [0.2, 0.25) is 5.91 Å². The lowest BCUT2D eigenvalue weighted by atomic mass is 10.1. The van der Waals surface area contributed by atoms with Gasteiger partial charge in [0.1, 0.15) is 6.04 Å². The van der Waals surface area contributed by atoms with Crippen LogP contribution >= 0.6 is 0 Å². The van der Waals surface area contributed by atoms with Crippen LogP contribution in [0.25, 0.3) is 0 Å². The summed E-state index contributed by atoms with van der Waals surface area (Å²) in [7, 11) is 0. The van der Waals surface area contributed by atoms with Gasteiger partial charge >= 0.3 is 12.0 Å². The molecule has 0 bridgehead atoms. The van der Waals surface area contributed by atoms with Crippen LogP contribution in [0, 0.1) is 0 Å². The standard InChI is InChI=1S/C11H19N3O4/c1-2-14(7-3-4-7)11(18)13-8(10(16)17)5-6-9(12)15/h7-8H,2-6H2,1H3,(H2,12,15)(H,13,18)(H,16,17)/t8-/m1/s1. The van der Waals surface area contributed by atoms with Crippen molar-refractivity contribution in [3.63, 3.8) is 0 Å². The smallest absolute Gasteiger partial charge is 0.326 e. The van der Waals surface area contributed by atoms with Gasteiger partial charge in [0.15, 0.2) is 0 Å². The van der Waals surface area contributed by atoms with E-state index in [9.17, 15) is 14.4 Å². The molecule has 4 N–H and O–H groups in total. The molecule has 7 nitrogen and oxygen atoms in total. The molecule has 0 unspecified atom stereocenters. The molecule has 18 heavy (non-hydrogen) atoms. The van der Waals surface area contributed by atoms with E-state index in [1.165, 1.54) is 0 Å². The number of urea groups is 1. The summed E-state index contributed by atoms with van der Waals surface area (Å²) in [5.41, 5.74) is 4.96. The number of carbonyl (C=O) groups excluding carboxylic acids is 2. The van der Waals surface area contributed by atoms with Crippen molar-refractivity contribution in [2.75, 3.05) is 6.54 Å². The number of aliphatic carboxylic acids is 1. The Morgan fingerprint density at radius 2 is 2.06 bits per heavy atom. The van der Waals surface area contributed by atoms with Gasteiger partial charge in [-0.2, -0.15) is 0 Å². The molecule has 0 aliphatic heterocycles. The van der Waals surface area contributed by atoms with Gasteiger partial charge in [-0.1, -0.05) is 0 Å². The number of rotatable bonds is 7. The quantitative estimate of drug-likeness (QED) is 0.591. The lowest BCUT2D eigenvalue weighted by Crippen LogP contribution is -2.48. The first-order valence-electron chi connectivity index (χ1n) is 6.04. The molecule has 1 saturated carbocycles. The maximum atomic E-state index is 11.9. The van der Waals surface area contributed by atoms with Crippen LogP contribution in [0.5, 0.6) is 0 Å². The molecular formula is C11H19N3O4. The molecule has 1 aliphatic carbocycles.